The van der Waals surface area contributed by atoms with Gasteiger partial charge in [0.2, 0.25) is 5.91 Å². The lowest BCUT2D eigenvalue weighted by molar-refractivity contribution is -0.237. The van der Waals surface area contributed by atoms with Crippen molar-refractivity contribution in [1.82, 2.24) is 9.88 Å². The van der Waals surface area contributed by atoms with Crippen LogP contribution in [0.25, 0.3) is 11.1 Å². The van der Waals surface area contributed by atoms with Crippen molar-refractivity contribution in [3.05, 3.63) is 34.8 Å². The summed E-state index contributed by atoms with van der Waals surface area (Å²) in [6.07, 6.45) is -4.94. The number of ether oxygens (including phenoxy) is 4. The van der Waals surface area contributed by atoms with Crippen LogP contribution in [0, 0.1) is 0 Å². The third-order valence-corrected chi connectivity index (χ3v) is 4.86. The van der Waals surface area contributed by atoms with Gasteiger partial charge in [0, 0.05) is 27.7 Å². The molecule has 1 aromatic carbocycles. The van der Waals surface area contributed by atoms with Gasteiger partial charge in [0.05, 0.1) is 5.52 Å². The molecule has 1 fully saturated rings. The number of carbonyl (C=O) groups is 4. The summed E-state index contributed by atoms with van der Waals surface area (Å²) in [5.74, 6) is -3.40. The van der Waals surface area contributed by atoms with E-state index in [1.807, 2.05) is 0 Å². The first-order chi connectivity index (χ1) is 15.6. The Morgan fingerprint density at radius 3 is 2.21 bits per heavy atom. The van der Waals surface area contributed by atoms with Crippen molar-refractivity contribution in [2.45, 2.75) is 58.3 Å². The highest BCUT2D eigenvalue weighted by Gasteiger charge is 2.52. The van der Waals surface area contributed by atoms with Gasteiger partial charge in [0.1, 0.15) is 18.8 Å². The van der Waals surface area contributed by atoms with E-state index < -0.39 is 60.2 Å². The van der Waals surface area contributed by atoms with Crippen molar-refractivity contribution >= 4 is 34.9 Å². The van der Waals surface area contributed by atoms with E-state index in [9.17, 15) is 24.0 Å². The highest BCUT2D eigenvalue weighted by molar-refractivity contribution is 5.75. The number of carbonyl (C=O) groups excluding carboxylic acids is 4. The van der Waals surface area contributed by atoms with Gasteiger partial charge in [-0.2, -0.15) is 0 Å². The number of nitrogens with one attached hydrogen (secondary N) is 1. The number of amides is 1. The fourth-order valence-electron chi connectivity index (χ4n) is 3.75. The normalized spacial score (nSPS) is 24.7. The molecule has 2 heterocycles. The van der Waals surface area contributed by atoms with E-state index in [0.717, 1.165) is 18.4 Å². The predicted molar refractivity (Wildman–Crippen MR) is 110 cm³/mol. The monoisotopic (exact) mass is 464 g/mol. The Balaban J connectivity index is 2.16. The molecule has 0 spiro atoms. The summed E-state index contributed by atoms with van der Waals surface area (Å²) in [5, 5.41) is 2.61. The van der Waals surface area contributed by atoms with Gasteiger partial charge in [-0.15, -0.1) is 0 Å². The van der Waals surface area contributed by atoms with Gasteiger partial charge in [-0.25, -0.2) is 9.36 Å². The van der Waals surface area contributed by atoms with Crippen LogP contribution in [0.2, 0.25) is 0 Å². The number of hydrogen-bond donors (Lipinski definition) is 1. The summed E-state index contributed by atoms with van der Waals surface area (Å²) < 4.78 is 28.3. The Morgan fingerprint density at radius 1 is 0.970 bits per heavy atom. The molecular weight excluding hydrogens is 440 g/mol. The molecule has 1 amide bonds. The van der Waals surface area contributed by atoms with Crippen molar-refractivity contribution < 1.29 is 42.5 Å². The molecule has 0 unspecified atom stereocenters. The molecule has 1 aliphatic rings. The Morgan fingerprint density at radius 2 is 1.61 bits per heavy atom. The molecule has 0 saturated carbocycles. The Hall–Kier alpha value is -3.67. The molecule has 33 heavy (non-hydrogen) atoms. The molecule has 5 atom stereocenters. The number of nitrogens with zero attached hydrogens (tertiary/aromatic N) is 1. The number of oxazole rings is 1. The van der Waals surface area contributed by atoms with Crippen LogP contribution in [-0.4, -0.2) is 59.3 Å². The molecule has 12 nitrogen and oxygen atoms in total. The van der Waals surface area contributed by atoms with Crippen molar-refractivity contribution in [3.63, 3.8) is 0 Å². The van der Waals surface area contributed by atoms with E-state index in [2.05, 4.69) is 5.32 Å². The summed E-state index contributed by atoms with van der Waals surface area (Å²) in [6, 6.07) is 5.36. The average molecular weight is 464 g/mol. The Kier molecular flexibility index (Phi) is 7.16. The molecule has 178 valence electrons. The lowest BCUT2D eigenvalue weighted by atomic mass is 9.94. The fraction of sp³-hybridized carbons (Fsp3) is 0.476. The number of para-hydroxylation sites is 2. The second-order valence-corrected chi connectivity index (χ2v) is 7.45. The predicted octanol–water partition coefficient (Wildman–Crippen LogP) is 0.423. The quantitative estimate of drug-likeness (QED) is 0.470. The number of hydrogen-bond acceptors (Lipinski definition) is 10. The minimum Gasteiger partial charge on any atom is -0.463 e. The van der Waals surface area contributed by atoms with Crippen LogP contribution >= 0.6 is 0 Å². The van der Waals surface area contributed by atoms with Crippen LogP contribution in [0.3, 0.4) is 0 Å². The minimum atomic E-state index is -1.28. The van der Waals surface area contributed by atoms with Gasteiger partial charge in [0.25, 0.3) is 0 Å². The molecular formula is C21H24N2O10. The first-order valence-corrected chi connectivity index (χ1v) is 10.1. The lowest BCUT2D eigenvalue weighted by Gasteiger charge is -2.45. The van der Waals surface area contributed by atoms with E-state index in [4.69, 9.17) is 23.4 Å². The van der Waals surface area contributed by atoms with E-state index in [1.54, 1.807) is 24.3 Å². The van der Waals surface area contributed by atoms with Crippen LogP contribution in [-0.2, 0) is 38.1 Å². The van der Waals surface area contributed by atoms with Crippen LogP contribution in [0.15, 0.2) is 33.5 Å². The highest BCUT2D eigenvalue weighted by Crippen LogP contribution is 2.34. The maximum atomic E-state index is 12.8. The summed E-state index contributed by atoms with van der Waals surface area (Å²) in [7, 11) is 0. The van der Waals surface area contributed by atoms with Gasteiger partial charge in [-0.3, -0.25) is 19.2 Å². The first kappa shape index (κ1) is 24.0. The van der Waals surface area contributed by atoms with Gasteiger partial charge in [-0.1, -0.05) is 12.1 Å². The van der Waals surface area contributed by atoms with Crippen molar-refractivity contribution in [2.75, 3.05) is 6.61 Å². The average Bonchev–Trinajstić information content (AvgIpc) is 3.04. The smallest absolute Gasteiger partial charge is 0.422 e. The highest BCUT2D eigenvalue weighted by atomic mass is 16.6. The fourth-order valence-corrected chi connectivity index (χ4v) is 3.75. The number of fused-ring (bicyclic) bond motifs is 1. The third-order valence-electron chi connectivity index (χ3n) is 4.86. The van der Waals surface area contributed by atoms with E-state index in [-0.39, 0.29) is 12.2 Å². The molecule has 0 bridgehead atoms. The Labute approximate surface area is 187 Å². The summed E-state index contributed by atoms with van der Waals surface area (Å²) in [6.45, 7) is 4.31. The molecule has 0 radical (unpaired) electrons. The van der Waals surface area contributed by atoms with E-state index >= 15 is 0 Å². The zero-order valence-corrected chi connectivity index (χ0v) is 18.4. The van der Waals surface area contributed by atoms with Gasteiger partial charge < -0.3 is 28.7 Å². The summed E-state index contributed by atoms with van der Waals surface area (Å²) in [4.78, 5) is 60.0. The largest absolute Gasteiger partial charge is 0.463 e. The second-order valence-electron chi connectivity index (χ2n) is 7.45. The standard InChI is InChI=1S/C21H24N2O10/c1-10(24)22-17-19(31-13(4)27)18(30-12(3)26)16(9-29-11(2)25)32-20(17)23-14-7-5-6-8-15(14)33-21(23)28/h5-8,16-20H,9H2,1-4H3,(H,22,24)/t16-,17-,18-,19+,20-/m1/s1. The number of benzene rings is 1. The van der Waals surface area contributed by atoms with E-state index in [0.29, 0.717) is 5.52 Å². The molecule has 1 N–H and O–H groups in total. The maximum Gasteiger partial charge on any atom is 0.422 e. The van der Waals surface area contributed by atoms with Crippen molar-refractivity contribution in [2.24, 2.45) is 0 Å². The molecule has 3 rings (SSSR count). The summed E-state index contributed by atoms with van der Waals surface area (Å²) in [5.41, 5.74) is 0.608. The molecule has 1 aromatic heterocycles. The Bertz CT molecular complexity index is 1120. The topological polar surface area (TPSA) is 152 Å². The summed E-state index contributed by atoms with van der Waals surface area (Å²) >= 11 is 0. The van der Waals surface area contributed by atoms with Crippen LogP contribution in [0.4, 0.5) is 0 Å². The van der Waals surface area contributed by atoms with Crippen LogP contribution in [0.5, 0.6) is 0 Å². The molecule has 1 saturated heterocycles. The molecule has 0 aliphatic carbocycles. The van der Waals surface area contributed by atoms with Gasteiger partial charge in [0.15, 0.2) is 24.0 Å². The van der Waals surface area contributed by atoms with Gasteiger partial charge >= 0.3 is 23.7 Å². The van der Waals surface area contributed by atoms with Crippen LogP contribution in [0.1, 0.15) is 33.9 Å². The number of rotatable bonds is 6. The molecule has 1 aliphatic heterocycles. The lowest BCUT2D eigenvalue weighted by Crippen LogP contribution is -2.64. The van der Waals surface area contributed by atoms with Gasteiger partial charge in [-0.05, 0) is 12.1 Å². The zero-order chi connectivity index (χ0) is 24.3. The number of esters is 3. The maximum absolute atomic E-state index is 12.8. The molecule has 2 aromatic rings. The zero-order valence-electron chi connectivity index (χ0n) is 18.4. The molecule has 12 heteroatoms. The van der Waals surface area contributed by atoms with Crippen LogP contribution < -0.4 is 11.1 Å². The second kappa shape index (κ2) is 9.86. The third kappa shape index (κ3) is 5.40. The van der Waals surface area contributed by atoms with Crippen molar-refractivity contribution in [1.29, 1.82) is 0 Å². The first-order valence-electron chi connectivity index (χ1n) is 10.1. The van der Waals surface area contributed by atoms with E-state index in [1.165, 1.54) is 13.8 Å². The minimum absolute atomic E-state index is 0.260. The van der Waals surface area contributed by atoms with Crippen molar-refractivity contribution in [3.8, 4) is 0 Å². The number of aromatic nitrogens is 1. The SMILES string of the molecule is CC(=O)N[C@@H]1[C@H](OC(C)=O)[C@H](OC(C)=O)[C@@H](COC(C)=O)O[C@H]1n1c(=O)oc2ccccc21.